The minimum absolute atomic E-state index is 0.0506. The first-order chi connectivity index (χ1) is 17.7. The van der Waals surface area contributed by atoms with Gasteiger partial charge in [0.1, 0.15) is 17.8 Å². The highest BCUT2D eigenvalue weighted by Gasteiger charge is 2.30. The molecule has 1 aliphatic heterocycles. The van der Waals surface area contributed by atoms with Crippen LogP contribution in [0.5, 0.6) is 11.5 Å². The number of piperazine rings is 1. The van der Waals surface area contributed by atoms with Crippen LogP contribution in [0.1, 0.15) is 33.1 Å². The van der Waals surface area contributed by atoms with Gasteiger partial charge in [-0.05, 0) is 35.9 Å². The number of hydrogen-bond donors (Lipinski definition) is 1. The molecule has 4 rings (SSSR count). The van der Waals surface area contributed by atoms with E-state index in [1.807, 2.05) is 18.2 Å². The van der Waals surface area contributed by atoms with E-state index in [1.165, 1.54) is 18.4 Å². The molecule has 2 aromatic carbocycles. The van der Waals surface area contributed by atoms with Crippen molar-refractivity contribution >= 4 is 5.91 Å². The van der Waals surface area contributed by atoms with Crippen molar-refractivity contribution in [2.45, 2.75) is 25.8 Å². The maximum Gasteiger partial charge on any atom is 0.416 e. The first-order valence-electron chi connectivity index (χ1n) is 11.8. The molecule has 1 amide bonds. The molecule has 0 bridgehead atoms. The third kappa shape index (κ3) is 7.01. The van der Waals surface area contributed by atoms with Crippen LogP contribution in [0.3, 0.4) is 0 Å². The molecular formula is C26H29F3N4O4. The molecule has 1 aromatic heterocycles. The summed E-state index contributed by atoms with van der Waals surface area (Å²) in [5.74, 6) is 1.51. The maximum atomic E-state index is 12.9. The molecule has 0 aliphatic carbocycles. The lowest BCUT2D eigenvalue weighted by molar-refractivity contribution is -0.137. The highest BCUT2D eigenvalue weighted by atomic mass is 19.4. The van der Waals surface area contributed by atoms with Crippen LogP contribution in [0.15, 0.2) is 53.1 Å². The third-order valence-corrected chi connectivity index (χ3v) is 6.20. The van der Waals surface area contributed by atoms with E-state index < -0.39 is 17.6 Å². The minimum Gasteiger partial charge on any atom is -0.497 e. The van der Waals surface area contributed by atoms with Crippen molar-refractivity contribution in [1.29, 1.82) is 0 Å². The second kappa shape index (κ2) is 11.7. The number of aromatic nitrogens is 1. The SMILES string of the molecule is COc1ccc(OC)c(CN2CCN(Cc3nc(C(=O)NCc4cccc(C(F)(F)F)c4)co3)CC2)c1. The average molecular weight is 519 g/mol. The fourth-order valence-corrected chi connectivity index (χ4v) is 4.16. The Morgan fingerprint density at radius 3 is 2.43 bits per heavy atom. The van der Waals surface area contributed by atoms with E-state index in [1.54, 1.807) is 14.2 Å². The molecule has 1 N–H and O–H groups in total. The van der Waals surface area contributed by atoms with Crippen LogP contribution in [0.25, 0.3) is 0 Å². The van der Waals surface area contributed by atoms with Crippen molar-refractivity contribution in [3.8, 4) is 11.5 Å². The van der Waals surface area contributed by atoms with E-state index in [-0.39, 0.29) is 12.2 Å². The second-order valence-electron chi connectivity index (χ2n) is 8.74. The van der Waals surface area contributed by atoms with Crippen molar-refractivity contribution in [3.63, 3.8) is 0 Å². The highest BCUT2D eigenvalue weighted by Crippen LogP contribution is 2.29. The fraction of sp³-hybridized carbons (Fsp3) is 0.385. The molecule has 0 atom stereocenters. The largest absolute Gasteiger partial charge is 0.497 e. The molecule has 8 nitrogen and oxygen atoms in total. The summed E-state index contributed by atoms with van der Waals surface area (Å²) >= 11 is 0. The normalized spacial score (nSPS) is 14.9. The molecule has 0 unspecified atom stereocenters. The number of nitrogens with zero attached hydrogens (tertiary/aromatic N) is 3. The Morgan fingerprint density at radius 2 is 1.76 bits per heavy atom. The van der Waals surface area contributed by atoms with Gasteiger partial charge in [0.05, 0.1) is 26.3 Å². The van der Waals surface area contributed by atoms with Gasteiger partial charge in [0.15, 0.2) is 5.69 Å². The Hall–Kier alpha value is -3.57. The molecular weight excluding hydrogens is 489 g/mol. The van der Waals surface area contributed by atoms with Gasteiger partial charge in [0.2, 0.25) is 5.89 Å². The zero-order valence-corrected chi connectivity index (χ0v) is 20.7. The zero-order valence-electron chi connectivity index (χ0n) is 20.7. The van der Waals surface area contributed by atoms with Gasteiger partial charge in [-0.3, -0.25) is 14.6 Å². The Morgan fingerprint density at radius 1 is 1.03 bits per heavy atom. The summed E-state index contributed by atoms with van der Waals surface area (Å²) in [5, 5.41) is 2.59. The van der Waals surface area contributed by atoms with E-state index in [4.69, 9.17) is 13.9 Å². The number of alkyl halides is 3. The predicted octanol–water partition coefficient (Wildman–Crippen LogP) is 3.96. The number of ether oxygens (including phenoxy) is 2. The molecule has 198 valence electrons. The van der Waals surface area contributed by atoms with Crippen molar-refractivity contribution in [1.82, 2.24) is 20.1 Å². The number of amides is 1. The van der Waals surface area contributed by atoms with E-state index in [0.717, 1.165) is 61.9 Å². The standard InChI is InChI=1S/C26H29F3N4O4/c1-35-21-6-7-23(36-2)19(13-21)15-32-8-10-33(11-9-32)16-24-31-22(17-37-24)25(34)30-14-18-4-3-5-20(12-18)26(27,28)29/h3-7,12-13,17H,8-11,14-16H2,1-2H3,(H,30,34). The molecule has 1 fully saturated rings. The van der Waals surface area contributed by atoms with E-state index in [2.05, 4.69) is 20.1 Å². The van der Waals surface area contributed by atoms with E-state index in [9.17, 15) is 18.0 Å². The second-order valence-corrected chi connectivity index (χ2v) is 8.74. The molecule has 1 saturated heterocycles. The number of rotatable bonds is 9. The number of carbonyl (C=O) groups excluding carboxylic acids is 1. The topological polar surface area (TPSA) is 80.1 Å². The first-order valence-corrected chi connectivity index (χ1v) is 11.8. The van der Waals surface area contributed by atoms with Crippen molar-refractivity contribution in [2.24, 2.45) is 0 Å². The zero-order chi connectivity index (χ0) is 26.4. The smallest absolute Gasteiger partial charge is 0.416 e. The van der Waals surface area contributed by atoms with Gasteiger partial charge in [0, 0.05) is 44.8 Å². The number of methoxy groups -OCH3 is 2. The predicted molar refractivity (Wildman–Crippen MR) is 129 cm³/mol. The molecule has 37 heavy (non-hydrogen) atoms. The van der Waals surface area contributed by atoms with Crippen LogP contribution in [0.2, 0.25) is 0 Å². The summed E-state index contributed by atoms with van der Waals surface area (Å²) in [6.07, 6.45) is -3.17. The molecule has 11 heteroatoms. The van der Waals surface area contributed by atoms with E-state index in [0.29, 0.717) is 18.0 Å². The van der Waals surface area contributed by atoms with Gasteiger partial charge >= 0.3 is 6.18 Å². The lowest BCUT2D eigenvalue weighted by Gasteiger charge is -2.34. The molecule has 1 aliphatic rings. The van der Waals surface area contributed by atoms with Gasteiger partial charge in [-0.25, -0.2) is 4.98 Å². The Labute approximate surface area is 213 Å². The van der Waals surface area contributed by atoms with Crippen molar-refractivity contribution in [2.75, 3.05) is 40.4 Å². The number of benzene rings is 2. The monoisotopic (exact) mass is 518 g/mol. The van der Waals surface area contributed by atoms with Gasteiger partial charge in [-0.2, -0.15) is 13.2 Å². The summed E-state index contributed by atoms with van der Waals surface area (Å²) in [6.45, 7) is 4.42. The Kier molecular flexibility index (Phi) is 8.34. The van der Waals surface area contributed by atoms with E-state index >= 15 is 0 Å². The summed E-state index contributed by atoms with van der Waals surface area (Å²) in [6, 6.07) is 10.6. The van der Waals surface area contributed by atoms with Gasteiger partial charge in [0.25, 0.3) is 5.91 Å². The van der Waals surface area contributed by atoms with Crippen molar-refractivity contribution < 1.29 is 31.9 Å². The lowest BCUT2D eigenvalue weighted by Crippen LogP contribution is -2.45. The third-order valence-electron chi connectivity index (χ3n) is 6.20. The Bertz CT molecular complexity index is 1210. The fourth-order valence-electron chi connectivity index (χ4n) is 4.16. The molecule has 0 saturated carbocycles. The van der Waals surface area contributed by atoms with Crippen molar-refractivity contribution in [3.05, 3.63) is 77.0 Å². The van der Waals surface area contributed by atoms with Crippen LogP contribution in [0.4, 0.5) is 13.2 Å². The number of nitrogens with one attached hydrogen (secondary N) is 1. The first kappa shape index (κ1) is 26.5. The maximum absolute atomic E-state index is 12.9. The average Bonchev–Trinajstić information content (AvgIpc) is 3.36. The molecule has 3 aromatic rings. The van der Waals surface area contributed by atoms with Crippen LogP contribution >= 0.6 is 0 Å². The van der Waals surface area contributed by atoms with Gasteiger partial charge in [-0.15, -0.1) is 0 Å². The van der Waals surface area contributed by atoms with Crippen LogP contribution in [0, 0.1) is 0 Å². The molecule has 0 spiro atoms. The number of hydrogen-bond acceptors (Lipinski definition) is 7. The molecule has 0 radical (unpaired) electrons. The quantitative estimate of drug-likeness (QED) is 0.459. The van der Waals surface area contributed by atoms with Gasteiger partial charge < -0.3 is 19.2 Å². The number of halogens is 3. The number of carbonyl (C=O) groups is 1. The summed E-state index contributed by atoms with van der Waals surface area (Å²) in [5.41, 5.74) is 0.733. The van der Waals surface area contributed by atoms with Crippen LogP contribution < -0.4 is 14.8 Å². The number of oxazole rings is 1. The Balaban J connectivity index is 1.25. The summed E-state index contributed by atoms with van der Waals surface area (Å²) in [7, 11) is 3.29. The summed E-state index contributed by atoms with van der Waals surface area (Å²) < 4.78 is 54.9. The summed E-state index contributed by atoms with van der Waals surface area (Å²) in [4.78, 5) is 21.2. The molecule has 2 heterocycles. The van der Waals surface area contributed by atoms with Crippen LogP contribution in [-0.4, -0.2) is 61.1 Å². The minimum atomic E-state index is -4.44. The van der Waals surface area contributed by atoms with Crippen LogP contribution in [-0.2, 0) is 25.8 Å². The lowest BCUT2D eigenvalue weighted by atomic mass is 10.1. The highest BCUT2D eigenvalue weighted by molar-refractivity contribution is 5.91. The van der Waals surface area contributed by atoms with Gasteiger partial charge in [-0.1, -0.05) is 12.1 Å².